The van der Waals surface area contributed by atoms with Crippen LogP contribution in [0.5, 0.6) is 5.75 Å². The molecule has 20 heavy (non-hydrogen) atoms. The summed E-state index contributed by atoms with van der Waals surface area (Å²) in [5.41, 5.74) is 0.843. The molecule has 0 unspecified atom stereocenters. The summed E-state index contributed by atoms with van der Waals surface area (Å²) in [5, 5.41) is 9.13. The summed E-state index contributed by atoms with van der Waals surface area (Å²) < 4.78 is 5.58. The van der Waals surface area contributed by atoms with E-state index in [1.807, 2.05) is 30.3 Å². The number of carbonyl (C=O) groups is 1. The summed E-state index contributed by atoms with van der Waals surface area (Å²) in [6, 6.07) is 9.40. The van der Waals surface area contributed by atoms with Crippen LogP contribution in [0, 0.1) is 0 Å². The fourth-order valence-corrected chi connectivity index (χ4v) is 2.00. The monoisotopic (exact) mass is 270 g/mol. The Morgan fingerprint density at radius 3 is 2.70 bits per heavy atom. The van der Waals surface area contributed by atoms with Gasteiger partial charge in [-0.1, -0.05) is 18.2 Å². The first kappa shape index (κ1) is 12.6. The molecule has 3 rings (SSSR count). The Morgan fingerprint density at radius 2 is 2.05 bits per heavy atom. The average Bonchev–Trinajstić information content (AvgIpc) is 3.30. The molecule has 0 amide bonds. The maximum atomic E-state index is 11.1. The molecule has 0 aliphatic heterocycles. The predicted molar refractivity (Wildman–Crippen MR) is 71.7 cm³/mol. The zero-order valence-electron chi connectivity index (χ0n) is 10.8. The van der Waals surface area contributed by atoms with Gasteiger partial charge in [-0.3, -0.25) is 0 Å². The van der Waals surface area contributed by atoms with Crippen molar-refractivity contribution in [2.75, 3.05) is 0 Å². The zero-order valence-corrected chi connectivity index (χ0v) is 10.8. The fourth-order valence-electron chi connectivity index (χ4n) is 2.00. The van der Waals surface area contributed by atoms with Gasteiger partial charge >= 0.3 is 5.97 Å². The summed E-state index contributed by atoms with van der Waals surface area (Å²) in [7, 11) is 0. The maximum absolute atomic E-state index is 11.1. The topological polar surface area (TPSA) is 72.3 Å². The SMILES string of the molecule is O=C(O)c1cnc(COc2ccccc2)nc1C1CC1. The standard InChI is InChI=1S/C15H14N2O3/c18-15(19)12-8-16-13(17-14(12)10-6-7-10)9-20-11-4-2-1-3-5-11/h1-5,8,10H,6-7,9H2,(H,18,19). The molecule has 0 radical (unpaired) electrons. The van der Waals surface area contributed by atoms with Crippen LogP contribution in [-0.2, 0) is 6.61 Å². The fraction of sp³-hybridized carbons (Fsp3) is 0.267. The first-order chi connectivity index (χ1) is 9.74. The van der Waals surface area contributed by atoms with Crippen LogP contribution in [0.3, 0.4) is 0 Å². The number of aromatic nitrogens is 2. The molecule has 0 bridgehead atoms. The summed E-state index contributed by atoms with van der Waals surface area (Å²) >= 11 is 0. The Hall–Kier alpha value is -2.43. The van der Waals surface area contributed by atoms with Crippen molar-refractivity contribution < 1.29 is 14.6 Å². The minimum Gasteiger partial charge on any atom is -0.486 e. The smallest absolute Gasteiger partial charge is 0.339 e. The van der Waals surface area contributed by atoms with Crippen molar-refractivity contribution in [2.45, 2.75) is 25.4 Å². The van der Waals surface area contributed by atoms with Crippen LogP contribution in [0.4, 0.5) is 0 Å². The molecule has 1 aliphatic carbocycles. The van der Waals surface area contributed by atoms with Crippen molar-refractivity contribution in [1.82, 2.24) is 9.97 Å². The van der Waals surface area contributed by atoms with Crippen molar-refractivity contribution in [1.29, 1.82) is 0 Å². The Kier molecular flexibility index (Phi) is 3.33. The van der Waals surface area contributed by atoms with E-state index in [-0.39, 0.29) is 18.1 Å². The number of hydrogen-bond acceptors (Lipinski definition) is 4. The molecule has 1 heterocycles. The van der Waals surface area contributed by atoms with E-state index in [4.69, 9.17) is 9.84 Å². The van der Waals surface area contributed by atoms with E-state index in [1.54, 1.807) is 0 Å². The number of ether oxygens (including phenoxy) is 1. The normalized spacial score (nSPS) is 14.0. The molecule has 5 nitrogen and oxygen atoms in total. The number of hydrogen-bond donors (Lipinski definition) is 1. The molecule has 1 aromatic carbocycles. The third-order valence-electron chi connectivity index (χ3n) is 3.17. The molecular weight excluding hydrogens is 256 g/mol. The van der Waals surface area contributed by atoms with Crippen LogP contribution in [0.15, 0.2) is 36.5 Å². The molecule has 1 aliphatic rings. The number of carboxylic acid groups (broad SMARTS) is 1. The minimum atomic E-state index is -0.970. The molecule has 1 fully saturated rings. The van der Waals surface area contributed by atoms with E-state index >= 15 is 0 Å². The molecule has 1 N–H and O–H groups in total. The number of aromatic carboxylic acids is 1. The van der Waals surface area contributed by atoms with E-state index in [1.165, 1.54) is 6.20 Å². The lowest BCUT2D eigenvalue weighted by molar-refractivity contribution is 0.0694. The van der Waals surface area contributed by atoms with Gasteiger partial charge < -0.3 is 9.84 Å². The van der Waals surface area contributed by atoms with E-state index in [0.29, 0.717) is 11.5 Å². The number of para-hydroxylation sites is 1. The van der Waals surface area contributed by atoms with E-state index in [2.05, 4.69) is 9.97 Å². The van der Waals surface area contributed by atoms with Gasteiger partial charge in [0, 0.05) is 12.1 Å². The highest BCUT2D eigenvalue weighted by Gasteiger charge is 2.30. The lowest BCUT2D eigenvalue weighted by atomic mass is 10.1. The Labute approximate surface area is 116 Å². The van der Waals surface area contributed by atoms with Crippen LogP contribution < -0.4 is 4.74 Å². The van der Waals surface area contributed by atoms with Crippen LogP contribution >= 0.6 is 0 Å². The van der Waals surface area contributed by atoms with E-state index in [9.17, 15) is 4.79 Å². The van der Waals surface area contributed by atoms with Crippen molar-refractivity contribution in [3.63, 3.8) is 0 Å². The Morgan fingerprint density at radius 1 is 1.30 bits per heavy atom. The summed E-state index contributed by atoms with van der Waals surface area (Å²) in [6.07, 6.45) is 3.37. The van der Waals surface area contributed by atoms with Gasteiger partial charge in [0.05, 0.1) is 11.3 Å². The van der Waals surface area contributed by atoms with Gasteiger partial charge in [-0.05, 0) is 25.0 Å². The van der Waals surface area contributed by atoms with Gasteiger partial charge in [0.15, 0.2) is 5.82 Å². The molecule has 1 saturated carbocycles. The molecule has 0 atom stereocenters. The van der Waals surface area contributed by atoms with Gasteiger partial charge in [-0.25, -0.2) is 14.8 Å². The van der Waals surface area contributed by atoms with Crippen LogP contribution in [0.1, 0.15) is 40.6 Å². The lowest BCUT2D eigenvalue weighted by Crippen LogP contribution is -2.10. The van der Waals surface area contributed by atoms with Gasteiger partial charge in [0.2, 0.25) is 0 Å². The average molecular weight is 270 g/mol. The summed E-state index contributed by atoms with van der Waals surface area (Å²) in [6.45, 7) is 0.240. The second kappa shape index (κ2) is 5.28. The third kappa shape index (κ3) is 2.77. The highest BCUT2D eigenvalue weighted by Crippen LogP contribution is 2.40. The van der Waals surface area contributed by atoms with Gasteiger partial charge in [-0.2, -0.15) is 0 Å². The Balaban J connectivity index is 1.77. The Bertz CT molecular complexity index is 624. The highest BCUT2D eigenvalue weighted by atomic mass is 16.5. The molecule has 2 aromatic rings. The first-order valence-electron chi connectivity index (χ1n) is 6.51. The van der Waals surface area contributed by atoms with Crippen LogP contribution in [0.2, 0.25) is 0 Å². The first-order valence-corrected chi connectivity index (χ1v) is 6.51. The molecular formula is C15H14N2O3. The molecule has 5 heteroatoms. The summed E-state index contributed by atoms with van der Waals surface area (Å²) in [5.74, 6) is 0.550. The summed E-state index contributed by atoms with van der Waals surface area (Å²) in [4.78, 5) is 19.6. The van der Waals surface area contributed by atoms with Crippen LogP contribution in [0.25, 0.3) is 0 Å². The largest absolute Gasteiger partial charge is 0.486 e. The van der Waals surface area contributed by atoms with Crippen LogP contribution in [-0.4, -0.2) is 21.0 Å². The number of carboxylic acids is 1. The van der Waals surface area contributed by atoms with Crippen molar-refractivity contribution in [2.24, 2.45) is 0 Å². The third-order valence-corrected chi connectivity index (χ3v) is 3.17. The number of rotatable bonds is 5. The second-order valence-corrected chi connectivity index (χ2v) is 4.77. The maximum Gasteiger partial charge on any atom is 0.339 e. The van der Waals surface area contributed by atoms with Crippen molar-refractivity contribution in [3.05, 3.63) is 53.6 Å². The van der Waals surface area contributed by atoms with Crippen molar-refractivity contribution in [3.8, 4) is 5.75 Å². The predicted octanol–water partition coefficient (Wildman–Crippen LogP) is 2.63. The quantitative estimate of drug-likeness (QED) is 0.904. The highest BCUT2D eigenvalue weighted by molar-refractivity contribution is 5.88. The van der Waals surface area contributed by atoms with Gasteiger partial charge in [-0.15, -0.1) is 0 Å². The van der Waals surface area contributed by atoms with E-state index in [0.717, 1.165) is 18.6 Å². The number of nitrogens with zero attached hydrogens (tertiary/aromatic N) is 2. The lowest BCUT2D eigenvalue weighted by Gasteiger charge is -2.08. The second-order valence-electron chi connectivity index (χ2n) is 4.77. The van der Waals surface area contributed by atoms with E-state index < -0.39 is 5.97 Å². The van der Waals surface area contributed by atoms with Gasteiger partial charge in [0.1, 0.15) is 12.4 Å². The minimum absolute atomic E-state index is 0.205. The van der Waals surface area contributed by atoms with Crippen molar-refractivity contribution >= 4 is 5.97 Å². The molecule has 0 spiro atoms. The number of benzene rings is 1. The molecule has 1 aromatic heterocycles. The molecule has 0 saturated heterocycles. The molecule has 102 valence electrons. The van der Waals surface area contributed by atoms with Gasteiger partial charge in [0.25, 0.3) is 0 Å². The zero-order chi connectivity index (χ0) is 13.9.